The molecule has 1 atom stereocenters. The molecule has 0 saturated carbocycles. The standard InChI is InChI=1S/C16H17N3O4S/c20-16(21)12-19(11-15-3-1-2-9-17-15)10-8-13-4-6-14(7-5-13)18-24(22)23/h1-10,18H,11-12H2,(H,20,21)(H,22,23). The van der Waals surface area contributed by atoms with Crippen LogP contribution in [-0.2, 0) is 22.6 Å². The maximum absolute atomic E-state index is 11.0. The van der Waals surface area contributed by atoms with Gasteiger partial charge < -0.3 is 10.0 Å². The number of hydrogen-bond donors (Lipinski definition) is 3. The highest BCUT2D eigenvalue weighted by Gasteiger charge is 2.06. The quantitative estimate of drug-likeness (QED) is 0.633. The van der Waals surface area contributed by atoms with Gasteiger partial charge in [-0.2, -0.15) is 0 Å². The largest absolute Gasteiger partial charge is 0.480 e. The van der Waals surface area contributed by atoms with Crippen LogP contribution in [0.5, 0.6) is 0 Å². The van der Waals surface area contributed by atoms with E-state index in [1.165, 1.54) is 0 Å². The Hall–Kier alpha value is -2.71. The van der Waals surface area contributed by atoms with Crippen molar-refractivity contribution in [2.45, 2.75) is 6.54 Å². The number of carbonyl (C=O) groups is 1. The highest BCUT2D eigenvalue weighted by atomic mass is 32.2. The number of rotatable bonds is 8. The molecule has 0 amide bonds. The van der Waals surface area contributed by atoms with Gasteiger partial charge >= 0.3 is 5.97 Å². The molecule has 0 radical (unpaired) electrons. The first kappa shape index (κ1) is 17.6. The lowest BCUT2D eigenvalue weighted by Crippen LogP contribution is -2.24. The molecule has 0 saturated heterocycles. The van der Waals surface area contributed by atoms with E-state index in [9.17, 15) is 9.00 Å². The van der Waals surface area contributed by atoms with Gasteiger partial charge in [-0.3, -0.25) is 19.1 Å². The molecule has 0 aliphatic heterocycles. The zero-order chi connectivity index (χ0) is 17.4. The van der Waals surface area contributed by atoms with Gasteiger partial charge in [0.25, 0.3) is 11.3 Å². The highest BCUT2D eigenvalue weighted by Crippen LogP contribution is 2.12. The molecule has 2 aromatic rings. The van der Waals surface area contributed by atoms with E-state index in [2.05, 4.69) is 9.71 Å². The van der Waals surface area contributed by atoms with Gasteiger partial charge in [0.1, 0.15) is 6.54 Å². The Balaban J connectivity index is 2.06. The summed E-state index contributed by atoms with van der Waals surface area (Å²) >= 11 is -2.11. The summed E-state index contributed by atoms with van der Waals surface area (Å²) < 4.78 is 21.8. The normalized spacial score (nSPS) is 12.0. The zero-order valence-corrected chi connectivity index (χ0v) is 13.5. The molecule has 0 spiro atoms. The molecule has 3 N–H and O–H groups in total. The zero-order valence-electron chi connectivity index (χ0n) is 12.7. The lowest BCUT2D eigenvalue weighted by Gasteiger charge is -2.17. The van der Waals surface area contributed by atoms with Crippen LogP contribution in [0.3, 0.4) is 0 Å². The van der Waals surface area contributed by atoms with Crippen LogP contribution in [0.4, 0.5) is 5.69 Å². The van der Waals surface area contributed by atoms with Crippen molar-refractivity contribution in [2.24, 2.45) is 0 Å². The lowest BCUT2D eigenvalue weighted by atomic mass is 10.2. The van der Waals surface area contributed by atoms with E-state index in [-0.39, 0.29) is 6.54 Å². The smallest absolute Gasteiger partial charge is 0.323 e. The van der Waals surface area contributed by atoms with Crippen molar-refractivity contribution >= 4 is 29.0 Å². The van der Waals surface area contributed by atoms with Crippen molar-refractivity contribution < 1.29 is 18.7 Å². The number of nitrogens with zero attached hydrogens (tertiary/aromatic N) is 2. The molecule has 1 heterocycles. The van der Waals surface area contributed by atoms with Crippen LogP contribution < -0.4 is 4.72 Å². The number of aliphatic carboxylic acids is 1. The van der Waals surface area contributed by atoms with E-state index in [1.807, 2.05) is 12.1 Å². The predicted molar refractivity (Wildman–Crippen MR) is 92.2 cm³/mol. The fourth-order valence-electron chi connectivity index (χ4n) is 1.99. The van der Waals surface area contributed by atoms with Crippen LogP contribution in [0.15, 0.2) is 54.9 Å². The van der Waals surface area contributed by atoms with Gasteiger partial charge in [0.15, 0.2) is 0 Å². The van der Waals surface area contributed by atoms with Crippen LogP contribution in [0, 0.1) is 0 Å². The Bertz CT molecular complexity index is 720. The van der Waals surface area contributed by atoms with Gasteiger partial charge in [-0.1, -0.05) is 18.2 Å². The molecule has 1 unspecified atom stereocenters. The minimum atomic E-state index is -2.11. The topological polar surface area (TPSA) is 103 Å². The molecule has 0 bridgehead atoms. The molecule has 126 valence electrons. The summed E-state index contributed by atoms with van der Waals surface area (Å²) in [5.74, 6) is -0.930. The number of carboxylic acid groups (broad SMARTS) is 1. The first-order chi connectivity index (χ1) is 11.5. The number of anilines is 1. The van der Waals surface area contributed by atoms with Crippen molar-refractivity contribution in [3.8, 4) is 0 Å². The predicted octanol–water partition coefficient (Wildman–Crippen LogP) is 2.19. The molecule has 2 rings (SSSR count). The summed E-state index contributed by atoms with van der Waals surface area (Å²) in [6.45, 7) is 0.239. The minimum Gasteiger partial charge on any atom is -0.480 e. The Morgan fingerprint density at radius 1 is 1.25 bits per heavy atom. The van der Waals surface area contributed by atoms with Crippen LogP contribution in [-0.4, -0.2) is 36.3 Å². The van der Waals surface area contributed by atoms with Crippen LogP contribution >= 0.6 is 0 Å². The van der Waals surface area contributed by atoms with Crippen LogP contribution in [0.1, 0.15) is 11.3 Å². The van der Waals surface area contributed by atoms with Crippen molar-refractivity contribution in [1.82, 2.24) is 9.88 Å². The minimum absolute atomic E-state index is 0.143. The third kappa shape index (κ3) is 6.19. The number of benzene rings is 1. The van der Waals surface area contributed by atoms with Crippen molar-refractivity contribution in [1.29, 1.82) is 0 Å². The maximum atomic E-state index is 11.0. The molecule has 24 heavy (non-hydrogen) atoms. The van der Waals surface area contributed by atoms with Gasteiger partial charge in [-0.25, -0.2) is 4.21 Å². The van der Waals surface area contributed by atoms with E-state index in [4.69, 9.17) is 9.66 Å². The lowest BCUT2D eigenvalue weighted by molar-refractivity contribution is -0.137. The van der Waals surface area contributed by atoms with E-state index in [0.717, 1.165) is 11.3 Å². The molecule has 0 fully saturated rings. The number of carboxylic acids is 1. The number of nitrogens with one attached hydrogen (secondary N) is 1. The molecule has 1 aromatic carbocycles. The van der Waals surface area contributed by atoms with Crippen LogP contribution in [0.25, 0.3) is 6.08 Å². The summed E-state index contributed by atoms with van der Waals surface area (Å²) in [6, 6.07) is 12.3. The summed E-state index contributed by atoms with van der Waals surface area (Å²) in [5, 5.41) is 9.02. The van der Waals surface area contributed by atoms with E-state index >= 15 is 0 Å². The van der Waals surface area contributed by atoms with E-state index < -0.39 is 17.2 Å². The molecule has 0 aliphatic rings. The Labute approximate surface area is 142 Å². The summed E-state index contributed by atoms with van der Waals surface area (Å²) in [6.07, 6.45) is 5.12. The number of hydrogen-bond acceptors (Lipinski definition) is 4. The van der Waals surface area contributed by atoms with Crippen LogP contribution in [0.2, 0.25) is 0 Å². The van der Waals surface area contributed by atoms with E-state index in [0.29, 0.717) is 12.2 Å². The highest BCUT2D eigenvalue weighted by molar-refractivity contribution is 7.80. The Morgan fingerprint density at radius 3 is 2.58 bits per heavy atom. The second kappa shape index (κ2) is 8.80. The van der Waals surface area contributed by atoms with Gasteiger partial charge in [-0.15, -0.1) is 0 Å². The third-order valence-corrected chi connectivity index (χ3v) is 3.43. The fourth-order valence-corrected chi connectivity index (χ4v) is 2.33. The van der Waals surface area contributed by atoms with Crippen molar-refractivity contribution in [2.75, 3.05) is 11.3 Å². The number of pyridine rings is 1. The monoisotopic (exact) mass is 347 g/mol. The molecule has 0 aliphatic carbocycles. The second-order valence-corrected chi connectivity index (χ2v) is 5.61. The van der Waals surface area contributed by atoms with Crippen molar-refractivity contribution in [3.05, 3.63) is 66.1 Å². The van der Waals surface area contributed by atoms with Crippen molar-refractivity contribution in [3.63, 3.8) is 0 Å². The summed E-state index contributed by atoms with van der Waals surface area (Å²) in [4.78, 5) is 16.8. The van der Waals surface area contributed by atoms with Gasteiger partial charge in [0.2, 0.25) is 0 Å². The summed E-state index contributed by atoms with van der Waals surface area (Å²) in [5.41, 5.74) is 2.12. The molecule has 8 heteroatoms. The Kier molecular flexibility index (Phi) is 6.47. The van der Waals surface area contributed by atoms with Gasteiger partial charge in [-0.05, 0) is 35.9 Å². The first-order valence-corrected chi connectivity index (χ1v) is 8.15. The third-order valence-electron chi connectivity index (χ3n) is 3.02. The average molecular weight is 347 g/mol. The fraction of sp³-hybridized carbons (Fsp3) is 0.125. The molecular formula is C16H17N3O4S. The molecular weight excluding hydrogens is 330 g/mol. The number of aromatic nitrogens is 1. The van der Waals surface area contributed by atoms with Gasteiger partial charge in [0.05, 0.1) is 12.2 Å². The van der Waals surface area contributed by atoms with E-state index in [1.54, 1.807) is 53.7 Å². The SMILES string of the molecule is O=C(O)CN(C=Cc1ccc(NS(=O)O)cc1)Cc1ccccn1. The second-order valence-electron chi connectivity index (χ2n) is 4.91. The Morgan fingerprint density at radius 2 is 2.00 bits per heavy atom. The average Bonchev–Trinajstić information content (AvgIpc) is 2.54. The summed E-state index contributed by atoms with van der Waals surface area (Å²) in [7, 11) is 0. The van der Waals surface area contributed by atoms with Gasteiger partial charge in [0, 0.05) is 18.1 Å². The molecule has 7 nitrogen and oxygen atoms in total. The molecule has 1 aromatic heterocycles. The maximum Gasteiger partial charge on any atom is 0.323 e. The first-order valence-electron chi connectivity index (χ1n) is 7.04.